The Kier molecular flexibility index (Phi) is 5.01. The van der Waals surface area contributed by atoms with Gasteiger partial charge < -0.3 is 29.7 Å². The van der Waals surface area contributed by atoms with Gasteiger partial charge in [0.1, 0.15) is 0 Å². The van der Waals surface area contributed by atoms with E-state index < -0.39 is 12.3 Å². The summed E-state index contributed by atoms with van der Waals surface area (Å²) >= 11 is 0. The van der Waals surface area contributed by atoms with E-state index in [0.717, 1.165) is 0 Å². The molecule has 2 aliphatic rings. The molecule has 0 aromatic heterocycles. The second-order valence-electron chi connectivity index (χ2n) is 5.89. The molecular weight excluding hydrogens is 352 g/mol. The van der Waals surface area contributed by atoms with Crippen LogP contribution in [0, 0.1) is 0 Å². The first-order valence-electron chi connectivity index (χ1n) is 8.25. The summed E-state index contributed by atoms with van der Waals surface area (Å²) in [5.74, 6) is -0.233. The number of piperidine rings is 1. The highest BCUT2D eigenvalue weighted by Crippen LogP contribution is 2.42. The number of nitrogens with one attached hydrogen (secondary N) is 2. The lowest BCUT2D eigenvalue weighted by Crippen LogP contribution is -2.47. The van der Waals surface area contributed by atoms with Crippen molar-refractivity contribution in [1.82, 2.24) is 10.2 Å². The van der Waals surface area contributed by atoms with Crippen molar-refractivity contribution in [2.75, 3.05) is 25.0 Å². The predicted molar refractivity (Wildman–Crippen MR) is 86.4 cm³/mol. The van der Waals surface area contributed by atoms with E-state index in [9.17, 15) is 18.4 Å². The maximum atomic E-state index is 13.0. The first kappa shape index (κ1) is 18.0. The average molecular weight is 371 g/mol. The van der Waals surface area contributed by atoms with Crippen LogP contribution in [0.1, 0.15) is 19.8 Å². The van der Waals surface area contributed by atoms with E-state index in [2.05, 4.69) is 20.1 Å². The fourth-order valence-corrected chi connectivity index (χ4v) is 2.80. The first-order chi connectivity index (χ1) is 12.4. The van der Waals surface area contributed by atoms with Crippen molar-refractivity contribution in [1.29, 1.82) is 0 Å². The number of fused-ring (bicyclic) bond motifs is 1. The van der Waals surface area contributed by atoms with E-state index in [1.54, 1.807) is 11.8 Å². The second kappa shape index (κ2) is 7.22. The number of hydrogen-bond donors (Lipinski definition) is 2. The van der Waals surface area contributed by atoms with Gasteiger partial charge in [-0.3, -0.25) is 0 Å². The van der Waals surface area contributed by atoms with Crippen LogP contribution < -0.4 is 20.1 Å². The van der Waals surface area contributed by atoms with Crippen LogP contribution in [0.15, 0.2) is 18.2 Å². The molecule has 0 saturated carbocycles. The standard InChI is InChI=1S/C16H19F2N3O5/c1-2-24-15(23)21-7-5-10(6-8-21)19-14(22)20-11-3-4-12-13(9-11)26-16(17,18)25-12/h3-4,9-10H,2,5-8H2,1H3,(H2,19,20,22). The van der Waals surface area contributed by atoms with E-state index in [1.165, 1.54) is 18.2 Å². The number of amides is 3. The van der Waals surface area contributed by atoms with E-state index in [0.29, 0.717) is 38.2 Å². The number of anilines is 1. The third-order valence-corrected chi connectivity index (χ3v) is 4.02. The Morgan fingerprint density at radius 1 is 1.27 bits per heavy atom. The molecule has 0 aliphatic carbocycles. The Morgan fingerprint density at radius 3 is 2.65 bits per heavy atom. The van der Waals surface area contributed by atoms with E-state index in [1.807, 2.05) is 0 Å². The molecule has 3 rings (SSSR count). The quantitative estimate of drug-likeness (QED) is 0.853. The highest BCUT2D eigenvalue weighted by Gasteiger charge is 2.43. The minimum absolute atomic E-state index is 0.0905. The smallest absolute Gasteiger partial charge is 0.450 e. The second-order valence-corrected chi connectivity index (χ2v) is 5.89. The predicted octanol–water partition coefficient (Wildman–Crippen LogP) is 2.75. The van der Waals surface area contributed by atoms with Crippen LogP contribution in [0.4, 0.5) is 24.1 Å². The lowest BCUT2D eigenvalue weighted by atomic mass is 10.1. The van der Waals surface area contributed by atoms with Crippen LogP contribution in [0.25, 0.3) is 0 Å². The molecule has 0 unspecified atom stereocenters. The molecule has 3 amide bonds. The van der Waals surface area contributed by atoms with Gasteiger partial charge in [0.25, 0.3) is 0 Å². The van der Waals surface area contributed by atoms with Gasteiger partial charge in [-0.25, -0.2) is 9.59 Å². The summed E-state index contributed by atoms with van der Waals surface area (Å²) in [5, 5.41) is 5.36. The highest BCUT2D eigenvalue weighted by molar-refractivity contribution is 5.89. The fourth-order valence-electron chi connectivity index (χ4n) is 2.80. The third kappa shape index (κ3) is 4.24. The molecule has 10 heteroatoms. The van der Waals surface area contributed by atoms with E-state index >= 15 is 0 Å². The van der Waals surface area contributed by atoms with Gasteiger partial charge in [0.2, 0.25) is 0 Å². The Balaban J connectivity index is 1.48. The van der Waals surface area contributed by atoms with Gasteiger partial charge in [0, 0.05) is 30.9 Å². The number of carbonyl (C=O) groups excluding carboxylic acids is 2. The Labute approximate surface area is 148 Å². The zero-order chi connectivity index (χ0) is 18.7. The van der Waals surface area contributed by atoms with Crippen molar-refractivity contribution in [2.45, 2.75) is 32.1 Å². The molecule has 0 radical (unpaired) electrons. The minimum atomic E-state index is -3.70. The van der Waals surface area contributed by atoms with Crippen LogP contribution >= 0.6 is 0 Å². The number of alkyl halides is 2. The lowest BCUT2D eigenvalue weighted by molar-refractivity contribution is -0.286. The SMILES string of the molecule is CCOC(=O)N1CCC(NC(=O)Nc2ccc3c(c2)OC(F)(F)O3)CC1. The Bertz CT molecular complexity index is 692. The number of nitrogens with zero attached hydrogens (tertiary/aromatic N) is 1. The first-order valence-corrected chi connectivity index (χ1v) is 8.25. The Morgan fingerprint density at radius 2 is 1.96 bits per heavy atom. The van der Waals surface area contributed by atoms with Crippen molar-refractivity contribution in [3.8, 4) is 11.5 Å². The van der Waals surface area contributed by atoms with Crippen LogP contribution in [-0.4, -0.2) is 49.1 Å². The number of urea groups is 1. The summed E-state index contributed by atoms with van der Waals surface area (Å²) < 4.78 is 39.6. The molecule has 0 atom stereocenters. The molecule has 1 fully saturated rings. The van der Waals surface area contributed by atoms with E-state index in [4.69, 9.17) is 4.74 Å². The van der Waals surface area contributed by atoms with Gasteiger partial charge in [-0.1, -0.05) is 0 Å². The van der Waals surface area contributed by atoms with Gasteiger partial charge >= 0.3 is 18.4 Å². The molecule has 8 nitrogen and oxygen atoms in total. The van der Waals surface area contributed by atoms with Crippen molar-refractivity contribution in [2.24, 2.45) is 0 Å². The molecular formula is C16H19F2N3O5. The largest absolute Gasteiger partial charge is 0.586 e. The summed E-state index contributed by atoms with van der Waals surface area (Å²) in [6.45, 7) is 3.04. The molecule has 1 aromatic rings. The number of ether oxygens (including phenoxy) is 3. The molecule has 2 heterocycles. The number of rotatable bonds is 3. The molecule has 0 spiro atoms. The summed E-state index contributed by atoms with van der Waals surface area (Å²) in [6, 6.07) is 3.43. The van der Waals surface area contributed by atoms with E-state index in [-0.39, 0.29) is 23.6 Å². The monoisotopic (exact) mass is 371 g/mol. The summed E-state index contributed by atoms with van der Waals surface area (Å²) in [4.78, 5) is 25.3. The van der Waals surface area contributed by atoms with Crippen LogP contribution in [0.5, 0.6) is 11.5 Å². The molecule has 1 aromatic carbocycles. The topological polar surface area (TPSA) is 89.1 Å². The van der Waals surface area contributed by atoms with Gasteiger partial charge in [-0.05, 0) is 31.9 Å². The summed E-state index contributed by atoms with van der Waals surface area (Å²) in [6.07, 6.45) is -2.86. The zero-order valence-corrected chi connectivity index (χ0v) is 14.1. The molecule has 2 N–H and O–H groups in total. The molecule has 142 valence electrons. The summed E-state index contributed by atoms with van der Waals surface area (Å²) in [7, 11) is 0. The number of hydrogen-bond acceptors (Lipinski definition) is 5. The van der Waals surface area contributed by atoms with Crippen molar-refractivity contribution in [3.63, 3.8) is 0 Å². The zero-order valence-electron chi connectivity index (χ0n) is 14.1. The molecule has 0 bridgehead atoms. The number of carbonyl (C=O) groups is 2. The number of halogens is 2. The minimum Gasteiger partial charge on any atom is -0.450 e. The van der Waals surface area contributed by atoms with Gasteiger partial charge in [-0.2, -0.15) is 0 Å². The van der Waals surface area contributed by atoms with Crippen molar-refractivity contribution in [3.05, 3.63) is 18.2 Å². The van der Waals surface area contributed by atoms with Crippen molar-refractivity contribution < 1.29 is 32.6 Å². The van der Waals surface area contributed by atoms with Crippen molar-refractivity contribution >= 4 is 17.8 Å². The van der Waals surface area contributed by atoms with Gasteiger partial charge in [0.05, 0.1) is 6.61 Å². The average Bonchev–Trinajstić information content (AvgIpc) is 2.88. The maximum absolute atomic E-state index is 13.0. The highest BCUT2D eigenvalue weighted by atomic mass is 19.3. The summed E-state index contributed by atoms with van der Waals surface area (Å²) in [5.41, 5.74) is 0.298. The number of likely N-dealkylation sites (tertiary alicyclic amines) is 1. The third-order valence-electron chi connectivity index (χ3n) is 4.02. The molecule has 2 aliphatic heterocycles. The van der Waals surface area contributed by atoms with Gasteiger partial charge in [0.15, 0.2) is 11.5 Å². The van der Waals surface area contributed by atoms with Gasteiger partial charge in [-0.15, -0.1) is 8.78 Å². The lowest BCUT2D eigenvalue weighted by Gasteiger charge is -2.31. The normalized spacial score (nSPS) is 18.3. The maximum Gasteiger partial charge on any atom is 0.586 e. The van der Waals surface area contributed by atoms with Crippen LogP contribution in [0.3, 0.4) is 0 Å². The van der Waals surface area contributed by atoms with Crippen LogP contribution in [0.2, 0.25) is 0 Å². The number of benzene rings is 1. The molecule has 1 saturated heterocycles. The Hall–Kier alpha value is -2.78. The molecule has 26 heavy (non-hydrogen) atoms. The fraction of sp³-hybridized carbons (Fsp3) is 0.500. The van der Waals surface area contributed by atoms with Crippen LogP contribution in [-0.2, 0) is 4.74 Å².